The highest BCUT2D eigenvalue weighted by Crippen LogP contribution is 2.35. The van der Waals surface area contributed by atoms with Gasteiger partial charge < -0.3 is 0 Å². The van der Waals surface area contributed by atoms with Gasteiger partial charge in [0.15, 0.2) is 0 Å². The zero-order valence-corrected chi connectivity index (χ0v) is 7.48. The van der Waals surface area contributed by atoms with Gasteiger partial charge in [-0.15, -0.1) is 0 Å². The molecule has 0 amide bonds. The first-order chi connectivity index (χ1) is 4.61. The maximum atomic E-state index is 2.43. The van der Waals surface area contributed by atoms with Crippen molar-refractivity contribution >= 4 is 14.0 Å². The van der Waals surface area contributed by atoms with Crippen LogP contribution in [-0.2, 0) is 0 Å². The molecule has 0 atom stereocenters. The molecule has 2 heteroatoms. The number of hydrogen-bond donors (Lipinski definition) is 0. The van der Waals surface area contributed by atoms with Crippen LogP contribution in [-0.4, -0.2) is 14.0 Å². The standard InChI is InChI=1S/C8H17B2/c1-8(2,3)10-6-4-9-5-7-10/h4-7H2,1-3H3. The van der Waals surface area contributed by atoms with Gasteiger partial charge in [0.2, 0.25) is 0 Å². The van der Waals surface area contributed by atoms with Crippen molar-refractivity contribution in [2.45, 2.75) is 51.4 Å². The van der Waals surface area contributed by atoms with E-state index in [9.17, 15) is 0 Å². The van der Waals surface area contributed by atoms with Crippen LogP contribution in [0, 0.1) is 0 Å². The monoisotopic (exact) mass is 135 g/mol. The molecule has 1 aliphatic heterocycles. The average Bonchev–Trinajstić information content (AvgIpc) is 1.88. The van der Waals surface area contributed by atoms with Crippen LogP contribution < -0.4 is 0 Å². The van der Waals surface area contributed by atoms with E-state index in [-0.39, 0.29) is 0 Å². The summed E-state index contributed by atoms with van der Waals surface area (Å²) in [5, 5.41) is 0.550. The Balaban J connectivity index is 2.39. The van der Waals surface area contributed by atoms with Crippen LogP contribution in [0.25, 0.3) is 0 Å². The van der Waals surface area contributed by atoms with Crippen molar-refractivity contribution in [3.05, 3.63) is 0 Å². The summed E-state index contributed by atoms with van der Waals surface area (Å²) < 4.78 is 0. The molecule has 0 aromatic heterocycles. The summed E-state index contributed by atoms with van der Waals surface area (Å²) in [5.41, 5.74) is 0. The van der Waals surface area contributed by atoms with Gasteiger partial charge >= 0.3 is 0 Å². The van der Waals surface area contributed by atoms with Crippen molar-refractivity contribution in [3.63, 3.8) is 0 Å². The van der Waals surface area contributed by atoms with Gasteiger partial charge in [-0.3, -0.25) is 0 Å². The Bertz CT molecular complexity index is 98.3. The summed E-state index contributed by atoms with van der Waals surface area (Å²) in [6, 6.07) is 0. The van der Waals surface area contributed by atoms with Crippen LogP contribution in [0.1, 0.15) is 20.8 Å². The van der Waals surface area contributed by atoms with Crippen LogP contribution in [0.15, 0.2) is 0 Å². The van der Waals surface area contributed by atoms with Crippen molar-refractivity contribution < 1.29 is 0 Å². The van der Waals surface area contributed by atoms with Gasteiger partial charge in [0.25, 0.3) is 0 Å². The lowest BCUT2D eigenvalue weighted by molar-refractivity contribution is 0.725. The number of rotatable bonds is 0. The fourth-order valence-electron chi connectivity index (χ4n) is 1.79. The van der Waals surface area contributed by atoms with E-state index in [2.05, 4.69) is 28.1 Å². The normalized spacial score (nSPS) is 20.5. The third kappa shape index (κ3) is 2.07. The highest BCUT2D eigenvalue weighted by molar-refractivity contribution is 6.66. The predicted octanol–water partition coefficient (Wildman–Crippen LogP) is 2.84. The van der Waals surface area contributed by atoms with Crippen molar-refractivity contribution in [2.24, 2.45) is 0 Å². The molecule has 55 valence electrons. The Morgan fingerprint density at radius 2 is 1.60 bits per heavy atom. The van der Waals surface area contributed by atoms with E-state index in [1.807, 2.05) is 0 Å². The zero-order chi connectivity index (χ0) is 7.61. The summed E-state index contributed by atoms with van der Waals surface area (Å²) in [6.45, 7) is 8.06. The first-order valence-corrected chi connectivity index (χ1v) is 4.42. The molecule has 0 spiro atoms. The molecule has 10 heavy (non-hydrogen) atoms. The van der Waals surface area contributed by atoms with Crippen molar-refractivity contribution in [1.29, 1.82) is 0 Å². The molecule has 1 rings (SSSR count). The molecule has 1 aliphatic rings. The molecule has 1 radical (unpaired) electrons. The van der Waals surface area contributed by atoms with E-state index >= 15 is 0 Å². The molecule has 0 unspecified atom stereocenters. The predicted molar refractivity (Wildman–Crippen MR) is 50.5 cm³/mol. The van der Waals surface area contributed by atoms with E-state index < -0.39 is 0 Å². The highest BCUT2D eigenvalue weighted by atomic mass is 14.1. The van der Waals surface area contributed by atoms with Crippen LogP contribution >= 0.6 is 0 Å². The minimum Gasteiger partial charge on any atom is -0.0866 e. The summed E-state index contributed by atoms with van der Waals surface area (Å²) in [5.74, 6) is 0. The van der Waals surface area contributed by atoms with Gasteiger partial charge in [-0.1, -0.05) is 51.4 Å². The average molecular weight is 135 g/mol. The lowest BCUT2D eigenvalue weighted by Crippen LogP contribution is -2.28. The Morgan fingerprint density at radius 3 is 1.90 bits per heavy atom. The molecule has 0 aromatic rings. The zero-order valence-electron chi connectivity index (χ0n) is 7.48. The van der Waals surface area contributed by atoms with E-state index in [4.69, 9.17) is 0 Å². The SMILES string of the molecule is CC(C)(C)B1CC[B]CC1. The molecule has 1 fully saturated rings. The van der Waals surface area contributed by atoms with Crippen LogP contribution in [0.2, 0.25) is 30.6 Å². The van der Waals surface area contributed by atoms with Gasteiger partial charge in [-0.2, -0.15) is 0 Å². The molecular formula is C8H17B2. The maximum absolute atomic E-state index is 2.43. The third-order valence-electron chi connectivity index (χ3n) is 2.66. The van der Waals surface area contributed by atoms with Gasteiger partial charge in [0.05, 0.1) is 0 Å². The Kier molecular flexibility index (Phi) is 2.49. The van der Waals surface area contributed by atoms with E-state index in [1.165, 1.54) is 25.3 Å². The first-order valence-electron chi connectivity index (χ1n) is 4.42. The highest BCUT2D eigenvalue weighted by Gasteiger charge is 2.29. The molecule has 1 saturated heterocycles. The second kappa shape index (κ2) is 3.02. The third-order valence-corrected chi connectivity index (χ3v) is 2.66. The Hall–Kier alpha value is 0.130. The number of hydrogen-bond acceptors (Lipinski definition) is 0. The minimum absolute atomic E-state index is 0.550. The van der Waals surface area contributed by atoms with Gasteiger partial charge in [-0.05, 0) is 0 Å². The van der Waals surface area contributed by atoms with Crippen LogP contribution in [0.3, 0.4) is 0 Å². The lowest BCUT2D eigenvalue weighted by Gasteiger charge is -2.30. The van der Waals surface area contributed by atoms with Gasteiger partial charge in [0.1, 0.15) is 14.0 Å². The molecular weight excluding hydrogens is 118 g/mol. The van der Waals surface area contributed by atoms with Crippen molar-refractivity contribution in [3.8, 4) is 0 Å². The minimum atomic E-state index is 0.550. The molecule has 0 N–H and O–H groups in total. The van der Waals surface area contributed by atoms with E-state index in [1.54, 1.807) is 0 Å². The molecule has 0 nitrogen and oxygen atoms in total. The Morgan fingerprint density at radius 1 is 1.10 bits per heavy atom. The largest absolute Gasteiger partial charge is 0.144 e. The summed E-state index contributed by atoms with van der Waals surface area (Å²) in [4.78, 5) is 0. The summed E-state index contributed by atoms with van der Waals surface area (Å²) in [6.07, 6.45) is 5.54. The molecule has 0 aliphatic carbocycles. The molecule has 1 heterocycles. The second-order valence-corrected chi connectivity index (χ2v) is 4.51. The summed E-state index contributed by atoms with van der Waals surface area (Å²) >= 11 is 0. The van der Waals surface area contributed by atoms with Gasteiger partial charge in [0, 0.05) is 0 Å². The molecule has 0 bridgehead atoms. The topological polar surface area (TPSA) is 0 Å². The Labute approximate surface area is 66.1 Å². The van der Waals surface area contributed by atoms with Gasteiger partial charge in [-0.25, -0.2) is 0 Å². The fourth-order valence-corrected chi connectivity index (χ4v) is 1.79. The van der Waals surface area contributed by atoms with Crippen molar-refractivity contribution in [1.82, 2.24) is 0 Å². The first kappa shape index (κ1) is 8.23. The fraction of sp³-hybridized carbons (Fsp3) is 1.00. The van der Waals surface area contributed by atoms with Crippen molar-refractivity contribution in [2.75, 3.05) is 0 Å². The quantitative estimate of drug-likeness (QED) is 0.448. The lowest BCUT2D eigenvalue weighted by atomic mass is 9.25. The van der Waals surface area contributed by atoms with Crippen LogP contribution in [0.4, 0.5) is 0 Å². The van der Waals surface area contributed by atoms with Crippen LogP contribution in [0.5, 0.6) is 0 Å². The second-order valence-electron chi connectivity index (χ2n) is 4.51. The van der Waals surface area contributed by atoms with E-state index in [0.29, 0.717) is 5.31 Å². The summed E-state index contributed by atoms with van der Waals surface area (Å²) in [7, 11) is 2.43. The smallest absolute Gasteiger partial charge is 0.0866 e. The maximum Gasteiger partial charge on any atom is 0.144 e. The molecule has 0 aromatic carbocycles. The molecule has 0 saturated carbocycles. The van der Waals surface area contributed by atoms with E-state index in [0.717, 1.165) is 6.71 Å².